The van der Waals surface area contributed by atoms with Gasteiger partial charge in [-0.1, -0.05) is 18.2 Å². The first-order valence-electron chi connectivity index (χ1n) is 5.45. The Labute approximate surface area is 115 Å². The van der Waals surface area contributed by atoms with Crippen LogP contribution >= 0.6 is 24.8 Å². The van der Waals surface area contributed by atoms with E-state index in [1.807, 2.05) is 12.1 Å². The first-order valence-corrected chi connectivity index (χ1v) is 5.45. The summed E-state index contributed by atoms with van der Waals surface area (Å²) in [4.78, 5) is 2.45. The molecule has 1 aromatic rings. The lowest BCUT2D eigenvalue weighted by Crippen LogP contribution is -2.42. The van der Waals surface area contributed by atoms with Gasteiger partial charge in [-0.25, -0.2) is 0 Å². The largest absolute Gasteiger partial charge is 0.496 e. The van der Waals surface area contributed by atoms with Gasteiger partial charge in [-0.15, -0.1) is 24.8 Å². The Bertz CT molecular complexity index is 317. The molecule has 1 fully saturated rings. The molecule has 0 unspecified atom stereocenters. The highest BCUT2D eigenvalue weighted by atomic mass is 35.5. The summed E-state index contributed by atoms with van der Waals surface area (Å²) in [5.41, 5.74) is 1.28. The molecule has 1 aromatic carbocycles. The van der Waals surface area contributed by atoms with Crippen molar-refractivity contribution in [2.24, 2.45) is 0 Å². The molecule has 3 nitrogen and oxygen atoms in total. The summed E-state index contributed by atoms with van der Waals surface area (Å²) in [6.07, 6.45) is 0. The molecule has 0 atom stereocenters. The summed E-state index contributed by atoms with van der Waals surface area (Å²) in [6, 6.07) is 8.25. The van der Waals surface area contributed by atoms with E-state index in [2.05, 4.69) is 22.3 Å². The number of para-hydroxylation sites is 1. The van der Waals surface area contributed by atoms with Crippen molar-refractivity contribution in [3.8, 4) is 5.75 Å². The quantitative estimate of drug-likeness (QED) is 0.915. The summed E-state index contributed by atoms with van der Waals surface area (Å²) in [6.45, 7) is 5.42. The third-order valence-electron chi connectivity index (χ3n) is 2.80. The summed E-state index contributed by atoms with van der Waals surface area (Å²) in [5.74, 6) is 0.996. The number of rotatable bonds is 3. The van der Waals surface area contributed by atoms with Crippen molar-refractivity contribution >= 4 is 24.8 Å². The van der Waals surface area contributed by atoms with Gasteiger partial charge in [0.15, 0.2) is 0 Å². The van der Waals surface area contributed by atoms with Crippen LogP contribution in [0.4, 0.5) is 0 Å². The maximum absolute atomic E-state index is 5.34. The van der Waals surface area contributed by atoms with Gasteiger partial charge in [-0.3, -0.25) is 4.90 Å². The minimum absolute atomic E-state index is 0. The molecular weight excluding hydrogens is 259 g/mol. The Morgan fingerprint density at radius 1 is 1.18 bits per heavy atom. The van der Waals surface area contributed by atoms with Gasteiger partial charge in [-0.05, 0) is 6.07 Å². The molecular formula is C12H20Cl2N2O. The number of piperazine rings is 1. The van der Waals surface area contributed by atoms with Crippen molar-refractivity contribution in [3.05, 3.63) is 29.8 Å². The lowest BCUT2D eigenvalue weighted by molar-refractivity contribution is 0.230. The number of nitrogens with one attached hydrogen (secondary N) is 1. The van der Waals surface area contributed by atoms with E-state index in [0.717, 1.165) is 38.5 Å². The molecule has 2 rings (SSSR count). The molecule has 1 N–H and O–H groups in total. The average molecular weight is 279 g/mol. The van der Waals surface area contributed by atoms with Crippen LogP contribution in [0.5, 0.6) is 5.75 Å². The molecule has 0 bridgehead atoms. The fourth-order valence-electron chi connectivity index (χ4n) is 1.94. The number of hydrogen-bond donors (Lipinski definition) is 1. The van der Waals surface area contributed by atoms with Crippen molar-refractivity contribution in [3.63, 3.8) is 0 Å². The molecule has 0 aliphatic carbocycles. The first kappa shape index (κ1) is 16.5. The van der Waals surface area contributed by atoms with Crippen LogP contribution in [0.3, 0.4) is 0 Å². The summed E-state index contributed by atoms with van der Waals surface area (Å²) >= 11 is 0. The van der Waals surface area contributed by atoms with Gasteiger partial charge in [0.05, 0.1) is 7.11 Å². The Morgan fingerprint density at radius 3 is 2.47 bits per heavy atom. The predicted molar refractivity (Wildman–Crippen MR) is 75.6 cm³/mol. The fraction of sp³-hybridized carbons (Fsp3) is 0.500. The van der Waals surface area contributed by atoms with E-state index in [0.29, 0.717) is 0 Å². The molecule has 0 radical (unpaired) electrons. The van der Waals surface area contributed by atoms with Crippen molar-refractivity contribution in [2.75, 3.05) is 33.3 Å². The molecule has 1 heterocycles. The average Bonchev–Trinajstić information content (AvgIpc) is 2.31. The van der Waals surface area contributed by atoms with Crippen LogP contribution in [-0.4, -0.2) is 38.2 Å². The highest BCUT2D eigenvalue weighted by molar-refractivity contribution is 5.85. The maximum Gasteiger partial charge on any atom is 0.123 e. The SMILES string of the molecule is COc1ccccc1CN1CCNCC1.Cl.Cl. The monoisotopic (exact) mass is 278 g/mol. The zero-order valence-electron chi connectivity index (χ0n) is 10.0. The molecule has 0 saturated carbocycles. The topological polar surface area (TPSA) is 24.5 Å². The van der Waals surface area contributed by atoms with Gasteiger partial charge >= 0.3 is 0 Å². The highest BCUT2D eigenvalue weighted by Crippen LogP contribution is 2.19. The van der Waals surface area contributed by atoms with E-state index in [1.54, 1.807) is 7.11 Å². The molecule has 1 aliphatic heterocycles. The van der Waals surface area contributed by atoms with Gasteiger partial charge in [-0.2, -0.15) is 0 Å². The summed E-state index contributed by atoms with van der Waals surface area (Å²) in [5, 5.41) is 3.36. The number of ether oxygens (including phenoxy) is 1. The van der Waals surface area contributed by atoms with Gasteiger partial charge in [0, 0.05) is 38.3 Å². The molecule has 0 amide bonds. The molecule has 0 aromatic heterocycles. The van der Waals surface area contributed by atoms with Gasteiger partial charge in [0.25, 0.3) is 0 Å². The van der Waals surface area contributed by atoms with Crippen molar-refractivity contribution < 1.29 is 4.74 Å². The van der Waals surface area contributed by atoms with Crippen LogP contribution in [0.25, 0.3) is 0 Å². The molecule has 17 heavy (non-hydrogen) atoms. The molecule has 0 spiro atoms. The van der Waals surface area contributed by atoms with Crippen LogP contribution in [0.2, 0.25) is 0 Å². The number of halogens is 2. The van der Waals surface area contributed by atoms with Crippen LogP contribution in [0, 0.1) is 0 Å². The van der Waals surface area contributed by atoms with Crippen LogP contribution in [0.15, 0.2) is 24.3 Å². The maximum atomic E-state index is 5.34. The second-order valence-corrected chi connectivity index (χ2v) is 3.84. The Hall–Kier alpha value is -0.480. The summed E-state index contributed by atoms with van der Waals surface area (Å²) in [7, 11) is 1.73. The smallest absolute Gasteiger partial charge is 0.123 e. The molecule has 1 saturated heterocycles. The number of benzene rings is 1. The Morgan fingerprint density at radius 2 is 1.82 bits per heavy atom. The van der Waals surface area contributed by atoms with Crippen molar-refractivity contribution in [1.29, 1.82) is 0 Å². The zero-order valence-corrected chi connectivity index (χ0v) is 11.6. The van der Waals surface area contributed by atoms with Gasteiger partial charge < -0.3 is 10.1 Å². The van der Waals surface area contributed by atoms with E-state index in [4.69, 9.17) is 4.74 Å². The van der Waals surface area contributed by atoms with Gasteiger partial charge in [0.1, 0.15) is 5.75 Å². The van der Waals surface area contributed by atoms with E-state index in [9.17, 15) is 0 Å². The van der Waals surface area contributed by atoms with Crippen molar-refractivity contribution in [1.82, 2.24) is 10.2 Å². The minimum atomic E-state index is 0. The number of hydrogen-bond acceptors (Lipinski definition) is 3. The van der Waals surface area contributed by atoms with Crippen LogP contribution in [0.1, 0.15) is 5.56 Å². The molecule has 98 valence electrons. The zero-order chi connectivity index (χ0) is 10.5. The number of nitrogens with zero attached hydrogens (tertiary/aromatic N) is 1. The Kier molecular flexibility index (Phi) is 8.35. The third kappa shape index (κ3) is 4.72. The second kappa shape index (κ2) is 8.59. The molecule has 1 aliphatic rings. The van der Waals surface area contributed by atoms with Crippen LogP contribution < -0.4 is 10.1 Å². The standard InChI is InChI=1S/C12H18N2O.2ClH/c1-15-12-5-3-2-4-11(12)10-14-8-6-13-7-9-14;;/h2-5,13H,6-10H2,1H3;2*1H. The predicted octanol–water partition coefficient (Wildman–Crippen LogP) is 1.94. The lowest BCUT2D eigenvalue weighted by atomic mass is 10.2. The van der Waals surface area contributed by atoms with E-state index in [1.165, 1.54) is 5.56 Å². The second-order valence-electron chi connectivity index (χ2n) is 3.84. The Balaban J connectivity index is 0.00000128. The van der Waals surface area contributed by atoms with E-state index in [-0.39, 0.29) is 24.8 Å². The molecule has 5 heteroatoms. The van der Waals surface area contributed by atoms with Crippen molar-refractivity contribution in [2.45, 2.75) is 6.54 Å². The normalized spacial score (nSPS) is 15.6. The fourth-order valence-corrected chi connectivity index (χ4v) is 1.94. The van der Waals surface area contributed by atoms with E-state index < -0.39 is 0 Å². The third-order valence-corrected chi connectivity index (χ3v) is 2.80. The van der Waals surface area contributed by atoms with E-state index >= 15 is 0 Å². The number of methoxy groups -OCH3 is 1. The van der Waals surface area contributed by atoms with Crippen LogP contribution in [-0.2, 0) is 6.54 Å². The minimum Gasteiger partial charge on any atom is -0.496 e. The first-order chi connectivity index (χ1) is 7.40. The summed E-state index contributed by atoms with van der Waals surface area (Å²) < 4.78 is 5.34. The lowest BCUT2D eigenvalue weighted by Gasteiger charge is -2.27. The van der Waals surface area contributed by atoms with Gasteiger partial charge in [0.2, 0.25) is 0 Å². The highest BCUT2D eigenvalue weighted by Gasteiger charge is 2.11.